The molecule has 1 saturated heterocycles. The molecule has 1 aliphatic heterocycles. The zero-order chi connectivity index (χ0) is 13.5. The van der Waals surface area contributed by atoms with E-state index in [9.17, 15) is 0 Å². The standard InChI is InChI=1S/C15H22BrN3/c1-18-6-8-19(9-7-18)14-3-2-12(10-13(14)16)15(11-17)4-5-15/h2-3,10H,4-9,11,17H2,1H3. The molecule has 1 heterocycles. The molecule has 0 amide bonds. The maximum Gasteiger partial charge on any atom is 0.0511 e. The van der Waals surface area contributed by atoms with Crippen molar-refractivity contribution >= 4 is 21.6 Å². The van der Waals surface area contributed by atoms with E-state index in [1.165, 1.54) is 28.6 Å². The zero-order valence-corrected chi connectivity index (χ0v) is 13.1. The first-order chi connectivity index (χ1) is 9.14. The van der Waals surface area contributed by atoms with Crippen LogP contribution in [0.15, 0.2) is 22.7 Å². The third kappa shape index (κ3) is 2.54. The van der Waals surface area contributed by atoms with Crippen LogP contribution in [0.3, 0.4) is 0 Å². The molecule has 104 valence electrons. The molecule has 1 aromatic carbocycles. The van der Waals surface area contributed by atoms with Gasteiger partial charge in [-0.25, -0.2) is 0 Å². The fraction of sp³-hybridized carbons (Fsp3) is 0.600. The summed E-state index contributed by atoms with van der Waals surface area (Å²) in [6.45, 7) is 5.27. The minimum Gasteiger partial charge on any atom is -0.368 e. The van der Waals surface area contributed by atoms with E-state index in [1.807, 2.05) is 0 Å². The van der Waals surface area contributed by atoms with Crippen molar-refractivity contribution < 1.29 is 0 Å². The molecular weight excluding hydrogens is 302 g/mol. The lowest BCUT2D eigenvalue weighted by Gasteiger charge is -2.34. The Morgan fingerprint density at radius 1 is 1.21 bits per heavy atom. The molecule has 0 atom stereocenters. The van der Waals surface area contributed by atoms with Gasteiger partial charge in [-0.15, -0.1) is 0 Å². The highest BCUT2D eigenvalue weighted by Crippen LogP contribution is 2.48. The smallest absolute Gasteiger partial charge is 0.0511 e. The van der Waals surface area contributed by atoms with Crippen LogP contribution in [0.5, 0.6) is 0 Å². The van der Waals surface area contributed by atoms with Gasteiger partial charge in [-0.05, 0) is 53.5 Å². The number of hydrogen-bond acceptors (Lipinski definition) is 3. The highest BCUT2D eigenvalue weighted by molar-refractivity contribution is 9.10. The second-order valence-corrected chi connectivity index (χ2v) is 6.80. The molecule has 1 aromatic rings. The van der Waals surface area contributed by atoms with Crippen LogP contribution in [-0.2, 0) is 5.41 Å². The molecule has 3 nitrogen and oxygen atoms in total. The SMILES string of the molecule is CN1CCN(c2ccc(C3(CN)CC3)cc2Br)CC1. The molecule has 19 heavy (non-hydrogen) atoms. The van der Waals surface area contributed by atoms with Crippen molar-refractivity contribution in [3.8, 4) is 0 Å². The quantitative estimate of drug-likeness (QED) is 0.925. The van der Waals surface area contributed by atoms with Crippen molar-refractivity contribution in [2.24, 2.45) is 5.73 Å². The Morgan fingerprint density at radius 2 is 1.89 bits per heavy atom. The lowest BCUT2D eigenvalue weighted by Crippen LogP contribution is -2.44. The Hall–Kier alpha value is -0.580. The number of halogens is 1. The van der Waals surface area contributed by atoms with Crippen LogP contribution in [0, 0.1) is 0 Å². The molecule has 0 unspecified atom stereocenters. The van der Waals surface area contributed by atoms with E-state index >= 15 is 0 Å². The average molecular weight is 324 g/mol. The van der Waals surface area contributed by atoms with Crippen molar-refractivity contribution in [3.05, 3.63) is 28.2 Å². The summed E-state index contributed by atoms with van der Waals surface area (Å²) in [5.41, 5.74) is 8.92. The first-order valence-corrected chi connectivity index (χ1v) is 7.87. The Labute approximate surface area is 123 Å². The van der Waals surface area contributed by atoms with Gasteiger partial charge in [0, 0.05) is 42.6 Å². The number of nitrogens with zero attached hydrogens (tertiary/aromatic N) is 2. The van der Waals surface area contributed by atoms with Gasteiger partial charge in [0.05, 0.1) is 5.69 Å². The molecular formula is C15H22BrN3. The molecule has 0 bridgehead atoms. The minimum atomic E-state index is 0.281. The summed E-state index contributed by atoms with van der Waals surface area (Å²) in [7, 11) is 2.19. The van der Waals surface area contributed by atoms with Crippen LogP contribution in [0.2, 0.25) is 0 Å². The number of hydrogen-bond donors (Lipinski definition) is 1. The van der Waals surface area contributed by atoms with Gasteiger partial charge in [0.1, 0.15) is 0 Å². The molecule has 0 radical (unpaired) electrons. The van der Waals surface area contributed by atoms with Crippen molar-refractivity contribution in [1.29, 1.82) is 0 Å². The van der Waals surface area contributed by atoms with E-state index in [4.69, 9.17) is 5.73 Å². The summed E-state index contributed by atoms with van der Waals surface area (Å²) >= 11 is 3.75. The van der Waals surface area contributed by atoms with Crippen molar-refractivity contribution in [2.75, 3.05) is 44.7 Å². The molecule has 1 aliphatic carbocycles. The monoisotopic (exact) mass is 323 g/mol. The lowest BCUT2D eigenvalue weighted by molar-refractivity contribution is 0.312. The average Bonchev–Trinajstić information content (AvgIpc) is 3.21. The van der Waals surface area contributed by atoms with E-state index in [2.05, 4.69) is 51.0 Å². The summed E-state index contributed by atoms with van der Waals surface area (Å²) in [6, 6.07) is 6.83. The number of benzene rings is 1. The third-order valence-corrected chi connectivity index (χ3v) is 5.28. The summed E-state index contributed by atoms with van der Waals surface area (Å²) in [5.74, 6) is 0. The van der Waals surface area contributed by atoms with Gasteiger partial charge < -0.3 is 15.5 Å². The number of nitrogens with two attached hydrogens (primary N) is 1. The van der Waals surface area contributed by atoms with Crippen LogP contribution in [0.1, 0.15) is 18.4 Å². The van der Waals surface area contributed by atoms with Gasteiger partial charge in [0.25, 0.3) is 0 Å². The van der Waals surface area contributed by atoms with Gasteiger partial charge in [0.15, 0.2) is 0 Å². The Balaban J connectivity index is 1.80. The highest BCUT2D eigenvalue weighted by atomic mass is 79.9. The maximum atomic E-state index is 5.92. The van der Waals surface area contributed by atoms with E-state index in [0.717, 1.165) is 32.7 Å². The van der Waals surface area contributed by atoms with E-state index in [1.54, 1.807) is 0 Å². The van der Waals surface area contributed by atoms with Gasteiger partial charge in [-0.2, -0.15) is 0 Å². The lowest BCUT2D eigenvalue weighted by atomic mass is 9.96. The fourth-order valence-electron chi connectivity index (χ4n) is 2.90. The van der Waals surface area contributed by atoms with Crippen LogP contribution in [0.4, 0.5) is 5.69 Å². The van der Waals surface area contributed by atoms with Crippen LogP contribution >= 0.6 is 15.9 Å². The van der Waals surface area contributed by atoms with Gasteiger partial charge >= 0.3 is 0 Å². The Bertz CT molecular complexity index is 462. The van der Waals surface area contributed by atoms with Crippen LogP contribution < -0.4 is 10.6 Å². The number of likely N-dealkylation sites (N-methyl/N-ethyl adjacent to an activating group) is 1. The third-order valence-electron chi connectivity index (χ3n) is 4.65. The fourth-order valence-corrected chi connectivity index (χ4v) is 3.53. The Kier molecular flexibility index (Phi) is 3.58. The molecule has 2 aliphatic rings. The predicted octanol–water partition coefficient (Wildman–Crippen LogP) is 2.19. The summed E-state index contributed by atoms with van der Waals surface area (Å²) in [5, 5.41) is 0. The van der Waals surface area contributed by atoms with E-state index in [-0.39, 0.29) is 5.41 Å². The molecule has 4 heteroatoms. The molecule has 2 fully saturated rings. The summed E-state index contributed by atoms with van der Waals surface area (Å²) in [6.07, 6.45) is 2.48. The molecule has 3 rings (SSSR count). The number of anilines is 1. The minimum absolute atomic E-state index is 0.281. The molecule has 1 saturated carbocycles. The summed E-state index contributed by atoms with van der Waals surface area (Å²) in [4.78, 5) is 4.85. The molecule has 0 spiro atoms. The zero-order valence-electron chi connectivity index (χ0n) is 11.5. The maximum absolute atomic E-state index is 5.92. The van der Waals surface area contributed by atoms with E-state index in [0.29, 0.717) is 0 Å². The highest BCUT2D eigenvalue weighted by Gasteiger charge is 2.43. The van der Waals surface area contributed by atoms with E-state index < -0.39 is 0 Å². The van der Waals surface area contributed by atoms with Gasteiger partial charge in [0.2, 0.25) is 0 Å². The van der Waals surface area contributed by atoms with Crippen molar-refractivity contribution in [3.63, 3.8) is 0 Å². The number of piperazine rings is 1. The Morgan fingerprint density at radius 3 is 2.42 bits per heavy atom. The topological polar surface area (TPSA) is 32.5 Å². The largest absolute Gasteiger partial charge is 0.368 e. The van der Waals surface area contributed by atoms with Gasteiger partial charge in [-0.3, -0.25) is 0 Å². The molecule has 2 N–H and O–H groups in total. The second kappa shape index (κ2) is 5.08. The first kappa shape index (κ1) is 13.4. The normalized spacial score (nSPS) is 22.6. The summed E-state index contributed by atoms with van der Waals surface area (Å²) < 4.78 is 1.22. The van der Waals surface area contributed by atoms with Crippen molar-refractivity contribution in [1.82, 2.24) is 4.90 Å². The second-order valence-electron chi connectivity index (χ2n) is 5.94. The predicted molar refractivity (Wildman–Crippen MR) is 83.8 cm³/mol. The van der Waals surface area contributed by atoms with Crippen molar-refractivity contribution in [2.45, 2.75) is 18.3 Å². The first-order valence-electron chi connectivity index (χ1n) is 7.08. The van der Waals surface area contributed by atoms with Crippen LogP contribution in [-0.4, -0.2) is 44.7 Å². The molecule has 0 aromatic heterocycles. The van der Waals surface area contributed by atoms with Gasteiger partial charge in [-0.1, -0.05) is 6.07 Å². The number of rotatable bonds is 3. The van der Waals surface area contributed by atoms with Crippen LogP contribution in [0.25, 0.3) is 0 Å².